The molecule has 1 saturated carbocycles. The van der Waals surface area contributed by atoms with E-state index >= 15 is 0 Å². The molecule has 0 saturated heterocycles. The van der Waals surface area contributed by atoms with Gasteiger partial charge in [-0.25, -0.2) is 0 Å². The molecule has 0 spiro atoms. The summed E-state index contributed by atoms with van der Waals surface area (Å²) in [6.45, 7) is 3.26. The summed E-state index contributed by atoms with van der Waals surface area (Å²) in [5.41, 5.74) is 0.513. The highest BCUT2D eigenvalue weighted by molar-refractivity contribution is 4.87. The van der Waals surface area contributed by atoms with Crippen LogP contribution in [0, 0.1) is 5.41 Å². The third-order valence-corrected chi connectivity index (χ3v) is 2.09. The second-order valence-electron chi connectivity index (χ2n) is 3.37. The predicted octanol–water partition coefficient (Wildman–Crippen LogP) is 1.08. The molecule has 0 aliphatic heterocycles. The van der Waals surface area contributed by atoms with E-state index in [9.17, 15) is 0 Å². The minimum Gasteiger partial charge on any atom is -0.184 e. The summed E-state index contributed by atoms with van der Waals surface area (Å²) in [7, 11) is 0. The van der Waals surface area contributed by atoms with E-state index in [1.165, 1.54) is 12.8 Å². The summed E-state index contributed by atoms with van der Waals surface area (Å²) in [5.74, 6) is 0. The number of rotatable bonds is 2. The summed E-state index contributed by atoms with van der Waals surface area (Å²) < 4.78 is 0. The molecule has 3 heteroatoms. The van der Waals surface area contributed by atoms with Crippen LogP contribution in [0.25, 0.3) is 0 Å². The smallest absolute Gasteiger partial charge is 0.0693 e. The van der Waals surface area contributed by atoms with Crippen LogP contribution in [0.4, 0.5) is 0 Å². The highest BCUT2D eigenvalue weighted by Crippen LogP contribution is 2.45. The summed E-state index contributed by atoms with van der Waals surface area (Å²) in [6.07, 6.45) is 6.11. The van der Waals surface area contributed by atoms with Crippen molar-refractivity contribution in [2.45, 2.75) is 26.3 Å². The van der Waals surface area contributed by atoms with Gasteiger partial charge in [0.25, 0.3) is 0 Å². The van der Waals surface area contributed by atoms with Crippen LogP contribution in [0.2, 0.25) is 0 Å². The van der Waals surface area contributed by atoms with Crippen molar-refractivity contribution in [2.24, 2.45) is 5.41 Å². The lowest BCUT2D eigenvalue weighted by atomic mass is 10.1. The number of nitrogens with zero attached hydrogens (tertiary/aromatic N) is 3. The molecular formula is C7H11N3. The van der Waals surface area contributed by atoms with Gasteiger partial charge >= 0.3 is 0 Å². The Bertz CT molecular complexity index is 211. The molecule has 0 unspecified atom stereocenters. The maximum atomic E-state index is 4.05. The van der Waals surface area contributed by atoms with Crippen molar-refractivity contribution in [3.05, 3.63) is 12.4 Å². The molecule has 1 aliphatic rings. The molecule has 1 aliphatic carbocycles. The van der Waals surface area contributed by atoms with Gasteiger partial charge in [-0.3, -0.25) is 0 Å². The molecule has 54 valence electrons. The molecule has 0 aromatic carbocycles. The molecule has 3 nitrogen and oxygen atoms in total. The maximum absolute atomic E-state index is 4.05. The SMILES string of the molecule is CC1(Cn2nccn2)CC1. The van der Waals surface area contributed by atoms with E-state index in [1.807, 2.05) is 0 Å². The Kier molecular flexibility index (Phi) is 1.07. The zero-order valence-electron chi connectivity index (χ0n) is 6.12. The van der Waals surface area contributed by atoms with Crippen molar-refractivity contribution in [2.75, 3.05) is 0 Å². The van der Waals surface area contributed by atoms with Crippen LogP contribution in [0.1, 0.15) is 19.8 Å². The van der Waals surface area contributed by atoms with E-state index in [-0.39, 0.29) is 0 Å². The summed E-state index contributed by atoms with van der Waals surface area (Å²) in [4.78, 5) is 1.77. The van der Waals surface area contributed by atoms with E-state index in [1.54, 1.807) is 17.2 Å². The van der Waals surface area contributed by atoms with Crippen LogP contribution in [0.15, 0.2) is 12.4 Å². The summed E-state index contributed by atoms with van der Waals surface area (Å²) in [5, 5.41) is 8.09. The fourth-order valence-electron chi connectivity index (χ4n) is 1.04. The predicted molar refractivity (Wildman–Crippen MR) is 37.4 cm³/mol. The molecule has 1 aromatic rings. The highest BCUT2D eigenvalue weighted by atomic mass is 15.5. The molecule has 0 amide bonds. The molecule has 0 N–H and O–H groups in total. The van der Waals surface area contributed by atoms with Crippen LogP contribution in [-0.4, -0.2) is 15.0 Å². The van der Waals surface area contributed by atoms with E-state index in [0.717, 1.165) is 6.54 Å². The van der Waals surface area contributed by atoms with Crippen LogP contribution in [0.3, 0.4) is 0 Å². The van der Waals surface area contributed by atoms with Gasteiger partial charge in [-0.2, -0.15) is 15.0 Å². The minimum atomic E-state index is 0.513. The van der Waals surface area contributed by atoms with Crippen molar-refractivity contribution in [1.29, 1.82) is 0 Å². The molecule has 0 atom stereocenters. The molecule has 1 aromatic heterocycles. The Morgan fingerprint density at radius 1 is 1.40 bits per heavy atom. The topological polar surface area (TPSA) is 30.7 Å². The Balaban J connectivity index is 2.04. The average Bonchev–Trinajstić information content (AvgIpc) is 2.47. The van der Waals surface area contributed by atoms with Crippen LogP contribution < -0.4 is 0 Å². The lowest BCUT2D eigenvalue weighted by molar-refractivity contribution is 0.395. The fraction of sp³-hybridized carbons (Fsp3) is 0.714. The van der Waals surface area contributed by atoms with Gasteiger partial charge in [0.15, 0.2) is 0 Å². The van der Waals surface area contributed by atoms with Gasteiger partial charge in [-0.15, -0.1) is 0 Å². The van der Waals surface area contributed by atoms with Crippen molar-refractivity contribution < 1.29 is 0 Å². The third-order valence-electron chi connectivity index (χ3n) is 2.09. The van der Waals surface area contributed by atoms with E-state index in [4.69, 9.17) is 0 Å². The van der Waals surface area contributed by atoms with Crippen molar-refractivity contribution in [1.82, 2.24) is 15.0 Å². The normalized spacial score (nSPS) is 20.9. The lowest BCUT2D eigenvalue weighted by Crippen LogP contribution is -2.10. The molecule has 10 heavy (non-hydrogen) atoms. The molecule has 0 radical (unpaired) electrons. The van der Waals surface area contributed by atoms with Crippen molar-refractivity contribution >= 4 is 0 Å². The second kappa shape index (κ2) is 1.81. The first-order chi connectivity index (χ1) is 4.79. The van der Waals surface area contributed by atoms with Gasteiger partial charge in [-0.05, 0) is 18.3 Å². The summed E-state index contributed by atoms with van der Waals surface area (Å²) >= 11 is 0. The van der Waals surface area contributed by atoms with Gasteiger partial charge in [-0.1, -0.05) is 6.92 Å². The quantitative estimate of drug-likeness (QED) is 0.610. The lowest BCUT2D eigenvalue weighted by Gasteiger charge is -2.04. The Labute approximate surface area is 60.0 Å². The Morgan fingerprint density at radius 3 is 2.50 bits per heavy atom. The van der Waals surface area contributed by atoms with Crippen LogP contribution >= 0.6 is 0 Å². The van der Waals surface area contributed by atoms with E-state index in [0.29, 0.717) is 5.41 Å². The Morgan fingerprint density at radius 2 is 2.00 bits per heavy atom. The molecule has 0 bridgehead atoms. The molecule has 1 heterocycles. The summed E-state index contributed by atoms with van der Waals surface area (Å²) in [6, 6.07) is 0. The maximum Gasteiger partial charge on any atom is 0.0693 e. The fourth-order valence-corrected chi connectivity index (χ4v) is 1.04. The molecular weight excluding hydrogens is 126 g/mol. The number of aromatic nitrogens is 3. The zero-order chi connectivity index (χ0) is 7.03. The van der Waals surface area contributed by atoms with Gasteiger partial charge in [0.05, 0.1) is 18.9 Å². The first kappa shape index (κ1) is 5.89. The average molecular weight is 137 g/mol. The minimum absolute atomic E-state index is 0.513. The number of hydrogen-bond donors (Lipinski definition) is 0. The largest absolute Gasteiger partial charge is 0.184 e. The first-order valence-electron chi connectivity index (χ1n) is 3.63. The van der Waals surface area contributed by atoms with Crippen LogP contribution in [0.5, 0.6) is 0 Å². The second-order valence-corrected chi connectivity index (χ2v) is 3.37. The Hall–Kier alpha value is -0.860. The van der Waals surface area contributed by atoms with Crippen LogP contribution in [-0.2, 0) is 6.54 Å². The first-order valence-corrected chi connectivity index (χ1v) is 3.63. The molecule has 2 rings (SSSR count). The third kappa shape index (κ3) is 1.03. The standard InChI is InChI=1S/C7H11N3/c1-7(2-3-7)6-10-8-4-5-9-10/h4-5H,2-3,6H2,1H3. The zero-order valence-corrected chi connectivity index (χ0v) is 6.12. The van der Waals surface area contributed by atoms with Crippen molar-refractivity contribution in [3.63, 3.8) is 0 Å². The van der Waals surface area contributed by atoms with Gasteiger partial charge < -0.3 is 0 Å². The van der Waals surface area contributed by atoms with Crippen molar-refractivity contribution in [3.8, 4) is 0 Å². The van der Waals surface area contributed by atoms with Gasteiger partial charge in [0, 0.05) is 0 Å². The van der Waals surface area contributed by atoms with E-state index in [2.05, 4.69) is 17.1 Å². The van der Waals surface area contributed by atoms with Gasteiger partial charge in [0.1, 0.15) is 0 Å². The number of hydrogen-bond acceptors (Lipinski definition) is 2. The van der Waals surface area contributed by atoms with E-state index < -0.39 is 0 Å². The van der Waals surface area contributed by atoms with Gasteiger partial charge in [0.2, 0.25) is 0 Å². The molecule has 1 fully saturated rings. The highest BCUT2D eigenvalue weighted by Gasteiger charge is 2.37. The monoisotopic (exact) mass is 137 g/mol.